The number of benzene rings is 1. The molecule has 0 aromatic heterocycles. The molecule has 1 fully saturated rings. The third-order valence-electron chi connectivity index (χ3n) is 4.08. The van der Waals surface area contributed by atoms with Crippen molar-refractivity contribution in [3.8, 4) is 0 Å². The molecule has 0 spiro atoms. The number of nitrogens with one attached hydrogen (secondary N) is 2. The lowest BCUT2D eigenvalue weighted by Crippen LogP contribution is -2.28. The monoisotopic (exact) mass is 318 g/mol. The molecule has 1 aromatic carbocycles. The summed E-state index contributed by atoms with van der Waals surface area (Å²) in [5.74, 6) is 0.221. The molecule has 0 unspecified atom stereocenters. The Kier molecular flexibility index (Phi) is 6.12. The number of amides is 2. The second-order valence-electron chi connectivity index (χ2n) is 6.47. The molecule has 6 nitrogen and oxygen atoms in total. The molecular formula is C17H26N4O2. The number of rotatable bonds is 6. The van der Waals surface area contributed by atoms with Crippen LogP contribution in [0, 0.1) is 5.92 Å². The van der Waals surface area contributed by atoms with Crippen molar-refractivity contribution in [1.82, 2.24) is 4.90 Å². The minimum Gasteiger partial charge on any atom is -0.327 e. The van der Waals surface area contributed by atoms with Crippen LogP contribution >= 0.6 is 0 Å². The first-order chi connectivity index (χ1) is 10.9. The summed E-state index contributed by atoms with van der Waals surface area (Å²) in [5, 5.41) is 5.70. The third-order valence-corrected chi connectivity index (χ3v) is 4.08. The first-order valence-electron chi connectivity index (χ1n) is 8.04. The fraction of sp³-hybridized carbons (Fsp3) is 0.529. The van der Waals surface area contributed by atoms with E-state index in [9.17, 15) is 9.59 Å². The van der Waals surface area contributed by atoms with Gasteiger partial charge in [0.2, 0.25) is 11.8 Å². The van der Waals surface area contributed by atoms with Crippen LogP contribution in [0.5, 0.6) is 0 Å². The molecule has 2 rings (SSSR count). The fourth-order valence-corrected chi connectivity index (χ4v) is 2.89. The molecule has 1 aliphatic carbocycles. The molecule has 0 saturated heterocycles. The quantitative estimate of drug-likeness (QED) is 0.744. The Bertz CT molecular complexity index is 542. The van der Waals surface area contributed by atoms with Gasteiger partial charge in [-0.3, -0.25) is 9.59 Å². The van der Waals surface area contributed by atoms with E-state index in [2.05, 4.69) is 10.6 Å². The second-order valence-corrected chi connectivity index (χ2v) is 6.47. The van der Waals surface area contributed by atoms with Crippen molar-refractivity contribution in [2.75, 3.05) is 31.3 Å². The standard InChI is InChI=1S/C17H26N4O2/c1-21(2)11-17(23)20-14-8-6-13(7-9-14)19-16(22)10-12-4-3-5-15(12)18/h6-9,12,15H,3-5,10-11,18H2,1-2H3,(H,19,22)(H,20,23)/t12-,15+/m0/s1. The highest BCUT2D eigenvalue weighted by Crippen LogP contribution is 2.27. The van der Waals surface area contributed by atoms with Crippen LogP contribution in [0.1, 0.15) is 25.7 Å². The summed E-state index contributed by atoms with van der Waals surface area (Å²) in [4.78, 5) is 25.5. The summed E-state index contributed by atoms with van der Waals surface area (Å²) in [6.07, 6.45) is 3.63. The molecular weight excluding hydrogens is 292 g/mol. The van der Waals surface area contributed by atoms with Gasteiger partial charge in [0.1, 0.15) is 0 Å². The largest absolute Gasteiger partial charge is 0.327 e. The molecule has 2 amide bonds. The van der Waals surface area contributed by atoms with Crippen LogP contribution in [0.25, 0.3) is 0 Å². The number of nitrogens with zero attached hydrogens (tertiary/aromatic N) is 1. The Hall–Kier alpha value is -1.92. The zero-order chi connectivity index (χ0) is 16.8. The number of carbonyl (C=O) groups excluding carboxylic acids is 2. The van der Waals surface area contributed by atoms with Gasteiger partial charge in [-0.15, -0.1) is 0 Å². The average molecular weight is 318 g/mol. The lowest BCUT2D eigenvalue weighted by Gasteiger charge is -2.15. The molecule has 0 bridgehead atoms. The van der Waals surface area contributed by atoms with Crippen LogP contribution in [0.2, 0.25) is 0 Å². The van der Waals surface area contributed by atoms with Crippen LogP contribution in [0.4, 0.5) is 11.4 Å². The molecule has 1 aromatic rings. The zero-order valence-corrected chi connectivity index (χ0v) is 13.8. The summed E-state index contributed by atoms with van der Waals surface area (Å²) < 4.78 is 0. The van der Waals surface area contributed by atoms with Crippen LogP contribution < -0.4 is 16.4 Å². The van der Waals surface area contributed by atoms with Gasteiger partial charge >= 0.3 is 0 Å². The van der Waals surface area contributed by atoms with Crippen molar-refractivity contribution in [3.05, 3.63) is 24.3 Å². The lowest BCUT2D eigenvalue weighted by atomic mass is 10.00. The summed E-state index contributed by atoms with van der Waals surface area (Å²) in [7, 11) is 3.68. The third kappa shape index (κ3) is 5.65. The van der Waals surface area contributed by atoms with Crippen LogP contribution in [-0.2, 0) is 9.59 Å². The SMILES string of the molecule is CN(C)CC(=O)Nc1ccc(NC(=O)C[C@@H]2CCC[C@H]2N)cc1. The minimum atomic E-state index is -0.0676. The van der Waals surface area contributed by atoms with E-state index < -0.39 is 0 Å². The Labute approximate surface area is 137 Å². The van der Waals surface area contributed by atoms with Crippen LogP contribution in [0.15, 0.2) is 24.3 Å². The predicted molar refractivity (Wildman–Crippen MR) is 92.2 cm³/mol. The van der Waals surface area contributed by atoms with Crippen molar-refractivity contribution in [1.29, 1.82) is 0 Å². The van der Waals surface area contributed by atoms with Crippen LogP contribution in [-0.4, -0.2) is 43.4 Å². The van der Waals surface area contributed by atoms with E-state index in [0.717, 1.165) is 24.9 Å². The van der Waals surface area contributed by atoms with Gasteiger partial charge in [0.05, 0.1) is 6.54 Å². The molecule has 2 atom stereocenters. The zero-order valence-electron chi connectivity index (χ0n) is 13.8. The maximum Gasteiger partial charge on any atom is 0.238 e. The normalized spacial score (nSPS) is 20.5. The van der Waals surface area contributed by atoms with E-state index in [1.165, 1.54) is 0 Å². The Balaban J connectivity index is 1.82. The fourth-order valence-electron chi connectivity index (χ4n) is 2.89. The van der Waals surface area contributed by atoms with E-state index in [1.807, 2.05) is 14.1 Å². The Morgan fingerprint density at radius 2 is 1.65 bits per heavy atom. The molecule has 23 heavy (non-hydrogen) atoms. The molecule has 1 saturated carbocycles. The van der Waals surface area contributed by atoms with Crippen LogP contribution in [0.3, 0.4) is 0 Å². The van der Waals surface area contributed by atoms with Gasteiger partial charge in [-0.1, -0.05) is 6.42 Å². The van der Waals surface area contributed by atoms with E-state index >= 15 is 0 Å². The maximum atomic E-state index is 12.1. The minimum absolute atomic E-state index is 0.00302. The van der Waals surface area contributed by atoms with Crippen molar-refractivity contribution in [3.63, 3.8) is 0 Å². The number of carbonyl (C=O) groups is 2. The molecule has 4 N–H and O–H groups in total. The van der Waals surface area contributed by atoms with Crippen molar-refractivity contribution in [2.24, 2.45) is 11.7 Å². The summed E-state index contributed by atoms with van der Waals surface area (Å²) >= 11 is 0. The van der Waals surface area contributed by atoms with Gasteiger partial charge in [-0.25, -0.2) is 0 Å². The van der Waals surface area contributed by atoms with Crippen molar-refractivity contribution in [2.45, 2.75) is 31.7 Å². The van der Waals surface area contributed by atoms with Gasteiger partial charge < -0.3 is 21.3 Å². The highest BCUT2D eigenvalue weighted by atomic mass is 16.2. The van der Waals surface area contributed by atoms with E-state index in [4.69, 9.17) is 5.73 Å². The highest BCUT2D eigenvalue weighted by molar-refractivity contribution is 5.93. The Morgan fingerprint density at radius 3 is 2.13 bits per heavy atom. The van der Waals surface area contributed by atoms with Gasteiger partial charge in [0, 0.05) is 23.8 Å². The highest BCUT2D eigenvalue weighted by Gasteiger charge is 2.25. The van der Waals surface area contributed by atoms with Gasteiger partial charge in [0.25, 0.3) is 0 Å². The summed E-state index contributed by atoms with van der Waals surface area (Å²) in [6, 6.07) is 7.29. The first-order valence-corrected chi connectivity index (χ1v) is 8.04. The molecule has 0 heterocycles. The predicted octanol–water partition coefficient (Wildman–Crippen LogP) is 1.64. The average Bonchev–Trinajstić information content (AvgIpc) is 2.85. The topological polar surface area (TPSA) is 87.5 Å². The molecule has 1 aliphatic rings. The van der Waals surface area contributed by atoms with Crippen molar-refractivity contribution < 1.29 is 9.59 Å². The molecule has 0 aliphatic heterocycles. The molecule has 0 radical (unpaired) electrons. The number of hydrogen-bond acceptors (Lipinski definition) is 4. The van der Waals surface area contributed by atoms with E-state index in [0.29, 0.717) is 24.6 Å². The summed E-state index contributed by atoms with van der Waals surface area (Å²) in [5.41, 5.74) is 7.44. The van der Waals surface area contributed by atoms with E-state index in [1.54, 1.807) is 29.2 Å². The molecule has 126 valence electrons. The summed E-state index contributed by atoms with van der Waals surface area (Å²) in [6.45, 7) is 0.333. The smallest absolute Gasteiger partial charge is 0.238 e. The Morgan fingerprint density at radius 1 is 1.09 bits per heavy atom. The maximum absolute atomic E-state index is 12.1. The molecule has 6 heteroatoms. The number of anilines is 2. The number of nitrogens with two attached hydrogens (primary N) is 1. The second kappa shape index (κ2) is 8.08. The van der Waals surface area contributed by atoms with Gasteiger partial charge in [0.15, 0.2) is 0 Å². The van der Waals surface area contributed by atoms with Crippen molar-refractivity contribution >= 4 is 23.2 Å². The first kappa shape index (κ1) is 17.4. The van der Waals surface area contributed by atoms with Gasteiger partial charge in [-0.05, 0) is 57.1 Å². The van der Waals surface area contributed by atoms with Gasteiger partial charge in [-0.2, -0.15) is 0 Å². The number of likely N-dealkylation sites (N-methyl/N-ethyl adjacent to an activating group) is 1. The number of hydrogen-bond donors (Lipinski definition) is 3. The lowest BCUT2D eigenvalue weighted by molar-refractivity contribution is -0.117. The van der Waals surface area contributed by atoms with E-state index in [-0.39, 0.29) is 17.9 Å².